The van der Waals surface area contributed by atoms with E-state index in [2.05, 4.69) is 176 Å². The van der Waals surface area contributed by atoms with E-state index >= 15 is 0 Å². The highest BCUT2D eigenvalue weighted by atomic mass is 32.1. The third-order valence-corrected chi connectivity index (χ3v) is 18.2. The number of aromatic nitrogens is 5. The molecule has 4 aromatic heterocycles. The number of pyridine rings is 1. The fourth-order valence-corrected chi connectivity index (χ4v) is 13.8. The Kier molecular flexibility index (Phi) is 16.3. The van der Waals surface area contributed by atoms with Crippen LogP contribution >= 0.6 is 22.7 Å². The van der Waals surface area contributed by atoms with Gasteiger partial charge in [0, 0.05) is 78.1 Å². The number of hydrogen-bond donors (Lipinski definition) is 3. The molecular weight excluding hydrogens is 985 g/mol. The number of allylic oxidation sites excluding steroid dienone is 1. The first-order valence-electron chi connectivity index (χ1n) is 28.2. The molecule has 402 valence electrons. The molecule has 4 atom stereocenters. The van der Waals surface area contributed by atoms with Gasteiger partial charge in [0.1, 0.15) is 5.82 Å². The number of unbranched alkanes of at least 4 members (excludes halogenated alkanes) is 6. The number of fused-ring (bicyclic) bond motifs is 5. The minimum absolute atomic E-state index is 0.0441. The minimum atomic E-state index is -0.0441. The molecule has 12 heteroatoms. The van der Waals surface area contributed by atoms with E-state index in [-0.39, 0.29) is 23.5 Å². The lowest BCUT2D eigenvalue weighted by Gasteiger charge is -2.41. The van der Waals surface area contributed by atoms with Crippen LogP contribution in [0.2, 0.25) is 0 Å². The van der Waals surface area contributed by atoms with Crippen molar-refractivity contribution in [1.29, 1.82) is 0 Å². The Morgan fingerprint density at radius 3 is 2.36 bits per heavy atom. The zero-order valence-corrected chi connectivity index (χ0v) is 48.4. The number of para-hydroxylation sites is 1. The van der Waals surface area contributed by atoms with Crippen LogP contribution in [0, 0.1) is 25.2 Å². The van der Waals surface area contributed by atoms with Crippen molar-refractivity contribution < 1.29 is 0 Å². The number of nitrogens with zero attached hydrogens (tertiary/aromatic N) is 7. The first kappa shape index (κ1) is 53.9. The average molecular weight is 1070 g/mol. The van der Waals surface area contributed by atoms with Crippen molar-refractivity contribution in [2.45, 2.75) is 150 Å². The van der Waals surface area contributed by atoms with Crippen LogP contribution in [0.15, 0.2) is 128 Å². The molecule has 10 nitrogen and oxygen atoms in total. The van der Waals surface area contributed by atoms with Gasteiger partial charge in [-0.15, -0.1) is 11.3 Å². The normalized spacial score (nSPS) is 16.7. The number of nitrogens with one attached hydrogen (secondary N) is 3. The fraction of sp³-hybridized carbons (Fsp3) is 0.415. The lowest BCUT2D eigenvalue weighted by Crippen LogP contribution is -2.48. The monoisotopic (exact) mass is 1060 g/mol. The molecule has 1 saturated heterocycles. The Balaban J connectivity index is 0.650. The van der Waals surface area contributed by atoms with E-state index in [1.807, 2.05) is 11.6 Å². The number of thiazole rings is 2. The summed E-state index contributed by atoms with van der Waals surface area (Å²) in [5.74, 6) is 1.59. The van der Waals surface area contributed by atoms with Crippen LogP contribution in [-0.2, 0) is 25.9 Å². The predicted molar refractivity (Wildman–Crippen MR) is 325 cm³/mol. The molecule has 3 aliphatic rings. The highest BCUT2D eigenvalue weighted by Gasteiger charge is 2.39. The third-order valence-electron chi connectivity index (χ3n) is 16.3. The predicted octanol–water partition coefficient (Wildman–Crippen LogP) is 15.6. The molecule has 0 bridgehead atoms. The van der Waals surface area contributed by atoms with Gasteiger partial charge in [0.2, 0.25) is 0 Å². The van der Waals surface area contributed by atoms with Gasteiger partial charge in [-0.2, -0.15) is 5.10 Å². The topological polar surface area (TPSA) is 99.1 Å². The molecule has 6 heterocycles. The summed E-state index contributed by atoms with van der Waals surface area (Å²) in [5, 5.41) is 17.1. The van der Waals surface area contributed by atoms with E-state index in [0.29, 0.717) is 5.92 Å². The van der Waals surface area contributed by atoms with E-state index in [9.17, 15) is 0 Å². The van der Waals surface area contributed by atoms with Crippen LogP contribution in [0.4, 0.5) is 10.9 Å². The zero-order chi connectivity index (χ0) is 54.0. The molecule has 0 saturated carbocycles. The van der Waals surface area contributed by atoms with Crippen LogP contribution < -0.4 is 20.9 Å². The summed E-state index contributed by atoms with van der Waals surface area (Å²) in [6.07, 6.45) is 12.3. The van der Waals surface area contributed by atoms with Crippen LogP contribution in [-0.4, -0.2) is 54.8 Å². The number of anilines is 2. The van der Waals surface area contributed by atoms with Gasteiger partial charge < -0.3 is 25.8 Å². The summed E-state index contributed by atoms with van der Waals surface area (Å²) >= 11 is 3.35. The minimum Gasteiger partial charge on any atom is -0.381 e. The zero-order valence-electron chi connectivity index (χ0n) is 46.8. The highest BCUT2D eigenvalue weighted by molar-refractivity contribution is 7.22. The Labute approximate surface area is 466 Å². The van der Waals surface area contributed by atoms with Gasteiger partial charge >= 0.3 is 0 Å². The molecule has 1 aliphatic carbocycles. The van der Waals surface area contributed by atoms with Gasteiger partial charge in [-0.1, -0.05) is 152 Å². The summed E-state index contributed by atoms with van der Waals surface area (Å²) in [7, 11) is 0. The van der Waals surface area contributed by atoms with Crippen molar-refractivity contribution in [3.8, 4) is 21.6 Å². The number of benzene rings is 3. The third kappa shape index (κ3) is 12.0. The average Bonchev–Trinajstić information content (AvgIpc) is 4.36. The Morgan fingerprint density at radius 1 is 0.844 bits per heavy atom. The van der Waals surface area contributed by atoms with E-state index in [1.165, 1.54) is 86.4 Å². The quantitative estimate of drug-likeness (QED) is 0.0541. The Morgan fingerprint density at radius 2 is 1.61 bits per heavy atom. The maximum absolute atomic E-state index is 5.34. The number of rotatable bonds is 23. The van der Waals surface area contributed by atoms with Gasteiger partial charge in [0.05, 0.1) is 55.5 Å². The van der Waals surface area contributed by atoms with Gasteiger partial charge in [0.25, 0.3) is 0 Å². The number of likely N-dealkylation sites (tertiary alicyclic amines) is 1. The van der Waals surface area contributed by atoms with Crippen LogP contribution in [0.1, 0.15) is 143 Å². The lowest BCUT2D eigenvalue weighted by molar-refractivity contribution is 0.234. The van der Waals surface area contributed by atoms with Crippen LogP contribution in [0.5, 0.6) is 0 Å². The molecule has 4 unspecified atom stereocenters. The molecule has 0 amide bonds. The van der Waals surface area contributed by atoms with E-state index in [4.69, 9.17) is 21.6 Å². The van der Waals surface area contributed by atoms with E-state index < -0.39 is 0 Å². The summed E-state index contributed by atoms with van der Waals surface area (Å²) in [4.78, 5) is 20.8. The molecule has 2 aliphatic heterocycles. The second-order valence-electron chi connectivity index (χ2n) is 23.2. The maximum Gasteiger partial charge on any atom is 0.188 e. The molecule has 7 aromatic rings. The standard InChI is InChI=1S/C65H80N10S2/c1-41-36-57(45(5)68-43(3)49-27-29-51(30-28-49)62-47(7)66-40-76-62)74(38-41)48(8)63(65(9,10)11)67-42(2)22-17-15-13-12-14-16-20-34-75-58-37-56-53(61(58)46(6)72-75)31-32-60(70-56)73-35-33-50-23-21-24-52(54(50)39-73)44(4)69-64-71-55-25-18-19-26-59(55)77-64/h18-19,21,23-32,40-41,43,57,63,67-68H,2,4-5,8,12-17,20,22,33-39H2,1,3,6-7,9-11H3,(H,69,71). The van der Waals surface area contributed by atoms with Gasteiger partial charge in [0.15, 0.2) is 5.13 Å². The summed E-state index contributed by atoms with van der Waals surface area (Å²) in [5.41, 5.74) is 20.6. The SMILES string of the molecule is C=C(CCCCCCCCCn1nc(C)c2c1Cc1nc(N3CCc4cccc(C(=C)Nc5nc6ccccc6s5)c4C3)ccc1-2)NC(C(=C)N1CC(C)CC1C(=C)NC(C)c1ccc(-c2scnc2C)cc1)C(C)(C)C. The summed E-state index contributed by atoms with van der Waals surface area (Å²) < 4.78 is 3.45. The molecule has 0 spiro atoms. The van der Waals surface area contributed by atoms with Gasteiger partial charge in [-0.25, -0.2) is 15.0 Å². The smallest absolute Gasteiger partial charge is 0.188 e. The maximum atomic E-state index is 5.34. The fourth-order valence-electron chi connectivity index (χ4n) is 12.1. The van der Waals surface area contributed by atoms with Crippen molar-refractivity contribution >= 4 is 49.5 Å². The van der Waals surface area contributed by atoms with Crippen molar-refractivity contribution in [2.75, 3.05) is 23.3 Å². The van der Waals surface area contributed by atoms with Crippen molar-refractivity contribution in [1.82, 2.24) is 40.3 Å². The van der Waals surface area contributed by atoms with Crippen LogP contribution in [0.25, 0.3) is 37.5 Å². The molecule has 3 aromatic carbocycles. The van der Waals surface area contributed by atoms with Crippen molar-refractivity contribution in [2.24, 2.45) is 11.3 Å². The van der Waals surface area contributed by atoms with Gasteiger partial charge in [-0.05, 0) is 111 Å². The van der Waals surface area contributed by atoms with Crippen molar-refractivity contribution in [3.63, 3.8) is 0 Å². The van der Waals surface area contributed by atoms with Gasteiger partial charge in [-0.3, -0.25) is 4.68 Å². The van der Waals surface area contributed by atoms with E-state index in [1.54, 1.807) is 22.7 Å². The molecular formula is C65H80N10S2. The Bertz CT molecular complexity index is 3240. The molecule has 10 rings (SSSR count). The molecule has 1 fully saturated rings. The highest BCUT2D eigenvalue weighted by Crippen LogP contribution is 2.41. The first-order chi connectivity index (χ1) is 37.1. The number of hydrogen-bond acceptors (Lipinski definition) is 11. The first-order valence-corrected chi connectivity index (χ1v) is 29.9. The second kappa shape index (κ2) is 23.2. The molecule has 77 heavy (non-hydrogen) atoms. The molecule has 0 radical (unpaired) electrons. The van der Waals surface area contributed by atoms with Crippen LogP contribution in [0.3, 0.4) is 0 Å². The lowest BCUT2D eigenvalue weighted by atomic mass is 9.84. The second-order valence-corrected chi connectivity index (χ2v) is 25.1. The largest absolute Gasteiger partial charge is 0.381 e. The number of aryl methyl sites for hydroxylation is 3. The Hall–Kier alpha value is -6.50. The summed E-state index contributed by atoms with van der Waals surface area (Å²) in [6.45, 7) is 37.8. The summed E-state index contributed by atoms with van der Waals surface area (Å²) in [6, 6.07) is 28.6. The van der Waals surface area contributed by atoms with Crippen molar-refractivity contribution in [3.05, 3.63) is 173 Å². The molecule has 3 N–H and O–H groups in total. The van der Waals surface area contributed by atoms with E-state index in [0.717, 1.165) is 121 Å².